The van der Waals surface area contributed by atoms with Gasteiger partial charge in [0.25, 0.3) is 0 Å². The smallest absolute Gasteiger partial charge is 0.233 e. The fraction of sp³-hybridized carbons (Fsp3) is 0.600. The maximum Gasteiger partial charge on any atom is 0.233 e. The van der Waals surface area contributed by atoms with Gasteiger partial charge in [0.15, 0.2) is 12.2 Å². The minimum absolute atomic E-state index is 0.0915. The largest absolute Gasteiger partial charge is 0.744 e. The summed E-state index contributed by atoms with van der Waals surface area (Å²) in [7, 11) is 15.7. The van der Waals surface area contributed by atoms with Crippen molar-refractivity contribution in [3.05, 3.63) is 47.5 Å². The number of rotatable bonds is 30. The molecule has 2 fully saturated rings. The molecule has 78 heavy (non-hydrogen) atoms. The second-order valence-corrected chi connectivity index (χ2v) is 25.1. The molecule has 2 unspecified atom stereocenters. The van der Waals surface area contributed by atoms with Crippen LogP contribution in [-0.4, -0.2) is 259 Å². The Hall–Kier alpha value is -5.18. The zero-order valence-electron chi connectivity index (χ0n) is 46.8. The maximum atomic E-state index is 12.9. The highest BCUT2D eigenvalue weighted by Crippen LogP contribution is 2.32. The second-order valence-electron chi connectivity index (χ2n) is 23.0. The van der Waals surface area contributed by atoms with Gasteiger partial charge in [0.05, 0.1) is 127 Å². The number of hydrogen-bond donors (Lipinski definition) is 6. The Bertz CT molecular complexity index is 2700. The number of aliphatic hydroxyl groups excluding tert-OH is 2. The molecule has 0 radical (unpaired) electrons. The first kappa shape index (κ1) is 62.0. The third-order valence-electron chi connectivity index (χ3n) is 12.6. The predicted octanol–water partition coefficient (Wildman–Crippen LogP) is 1.41. The third kappa shape index (κ3) is 21.1. The van der Waals surface area contributed by atoms with Gasteiger partial charge in [-0.3, -0.25) is 5.04 Å². The lowest BCUT2D eigenvalue weighted by atomic mass is 10.1. The molecule has 2 saturated heterocycles. The van der Waals surface area contributed by atoms with E-state index in [1.54, 1.807) is 30.3 Å². The van der Waals surface area contributed by atoms with E-state index in [9.17, 15) is 28.4 Å². The van der Waals surface area contributed by atoms with Gasteiger partial charge in [0.2, 0.25) is 35.7 Å². The van der Waals surface area contributed by atoms with E-state index in [1.165, 1.54) is 18.2 Å². The fourth-order valence-electron chi connectivity index (χ4n) is 9.20. The van der Waals surface area contributed by atoms with E-state index in [2.05, 4.69) is 117 Å². The molecule has 0 spiro atoms. The summed E-state index contributed by atoms with van der Waals surface area (Å²) in [5, 5.41) is 49.2. The van der Waals surface area contributed by atoms with Gasteiger partial charge in [0, 0.05) is 68.4 Å². The summed E-state index contributed by atoms with van der Waals surface area (Å²) in [4.78, 5) is 31.9. The molecule has 28 heteroatoms. The first-order chi connectivity index (χ1) is 36.7. The summed E-state index contributed by atoms with van der Waals surface area (Å²) >= 11 is 0.627. The van der Waals surface area contributed by atoms with Crippen LogP contribution in [0, 0.1) is 0 Å². The van der Waals surface area contributed by atoms with E-state index in [0.717, 1.165) is 25.9 Å². The molecule has 0 amide bonds. The standard InChI is InChI=1S/C50H82N16O10S2/c1-63(2,3)33-41(67)35-65(7,8)25-11-19-51-45-55-47(59-49(57-45)61-21-27-73-28-22-61)53-39-17-15-37(43(31-39)77-76-75-69)13-14-38-16-18-40(32-44(38)78(70,71)72)54-48-56-46(58-50(60-48)62-23-29-74-30-24-62)52-20-12-26-66(9,10)36-42(68)34-64(4,5)6/h13-18,31-32,41-42,67-68H,11-12,19-30,33-36H2,1-10H3,(H4-2,51,52,53,54,55,56,57,58,59,60,69,70,71,72)/q+2/b14-13+. The molecule has 2 atom stereocenters. The Balaban J connectivity index is 1.17. The lowest BCUT2D eigenvalue weighted by Crippen LogP contribution is -2.51. The van der Waals surface area contributed by atoms with Crippen LogP contribution < -0.4 is 36.3 Å². The maximum absolute atomic E-state index is 12.9. The normalized spacial score (nSPS) is 15.9. The van der Waals surface area contributed by atoms with Crippen molar-refractivity contribution < 1.29 is 65.2 Å². The molecule has 2 aromatic carbocycles. The number of aromatic nitrogens is 6. The van der Waals surface area contributed by atoms with Crippen molar-refractivity contribution in [3.8, 4) is 0 Å². The summed E-state index contributed by atoms with van der Waals surface area (Å²) in [5.74, 6) is 1.90. The highest BCUT2D eigenvalue weighted by atomic mass is 32.2. The molecule has 6 N–H and O–H groups in total. The first-order valence-electron chi connectivity index (χ1n) is 26.1. The minimum atomic E-state index is -5.03. The Labute approximate surface area is 463 Å². The van der Waals surface area contributed by atoms with Crippen molar-refractivity contribution in [3.63, 3.8) is 0 Å². The lowest BCUT2D eigenvalue weighted by Gasteiger charge is -2.34. The van der Waals surface area contributed by atoms with Crippen LogP contribution in [0.15, 0.2) is 46.2 Å². The molecule has 0 bridgehead atoms. The van der Waals surface area contributed by atoms with Gasteiger partial charge >= 0.3 is 0 Å². The fourth-order valence-corrected chi connectivity index (χ4v) is 10.4. The molecular formula is C50H82N16O10S2+2. The van der Waals surface area contributed by atoms with Gasteiger partial charge < -0.3 is 78.5 Å². The first-order valence-corrected chi connectivity index (χ1v) is 28.2. The molecule has 0 saturated carbocycles. The van der Waals surface area contributed by atoms with Crippen LogP contribution in [0.25, 0.3) is 12.2 Å². The van der Waals surface area contributed by atoms with Crippen LogP contribution in [0.1, 0.15) is 24.0 Å². The quantitative estimate of drug-likeness (QED) is 0.00819. The molecule has 26 nitrogen and oxygen atoms in total. The number of benzene rings is 2. The van der Waals surface area contributed by atoms with Crippen molar-refractivity contribution in [2.45, 2.75) is 34.8 Å². The van der Waals surface area contributed by atoms with Crippen LogP contribution >= 0.6 is 12.0 Å². The van der Waals surface area contributed by atoms with Crippen molar-refractivity contribution in [1.82, 2.24) is 29.9 Å². The van der Waals surface area contributed by atoms with E-state index in [-0.39, 0.29) is 23.1 Å². The van der Waals surface area contributed by atoms with Gasteiger partial charge in [-0.25, -0.2) is 8.42 Å². The monoisotopic (exact) mass is 1130 g/mol. The minimum Gasteiger partial charge on any atom is -0.744 e. The summed E-state index contributed by atoms with van der Waals surface area (Å²) < 4.78 is 57.1. The van der Waals surface area contributed by atoms with Crippen LogP contribution in [0.2, 0.25) is 0 Å². The second kappa shape index (κ2) is 27.8. The third-order valence-corrected chi connectivity index (χ3v) is 14.2. The average molecular weight is 1130 g/mol. The summed E-state index contributed by atoms with van der Waals surface area (Å²) in [5.41, 5.74) is 1.33. The van der Waals surface area contributed by atoms with E-state index in [4.69, 9.17) is 23.8 Å². The predicted molar refractivity (Wildman–Crippen MR) is 298 cm³/mol. The highest BCUT2D eigenvalue weighted by Gasteiger charge is 2.27. The van der Waals surface area contributed by atoms with Gasteiger partial charge in [-0.05, 0) is 35.4 Å². The Morgan fingerprint density at radius 1 is 0.641 bits per heavy atom. The average Bonchev–Trinajstić information content (AvgIpc) is 3.34. The number of anilines is 8. The molecule has 2 aliphatic rings. The van der Waals surface area contributed by atoms with Crippen LogP contribution in [0.5, 0.6) is 0 Å². The van der Waals surface area contributed by atoms with Crippen molar-refractivity contribution in [1.29, 1.82) is 0 Å². The van der Waals surface area contributed by atoms with Crippen LogP contribution in [-0.2, 0) is 29.0 Å². The van der Waals surface area contributed by atoms with Gasteiger partial charge in [0.1, 0.15) is 36.3 Å². The van der Waals surface area contributed by atoms with Crippen LogP contribution in [0.3, 0.4) is 0 Å². The van der Waals surface area contributed by atoms with E-state index in [1.807, 2.05) is 9.80 Å². The number of nitrogens with one attached hydrogen (secondary N) is 4. The number of ether oxygens (including phenoxy) is 2. The van der Waals surface area contributed by atoms with E-state index < -0.39 is 27.2 Å². The summed E-state index contributed by atoms with van der Waals surface area (Å²) in [6.45, 7) is 9.55. The van der Waals surface area contributed by atoms with Gasteiger partial charge in [-0.2, -0.15) is 34.2 Å². The molecule has 6 rings (SSSR count). The molecule has 0 aliphatic carbocycles. The Kier molecular flexibility index (Phi) is 22.1. The van der Waals surface area contributed by atoms with Crippen molar-refractivity contribution in [2.75, 3.05) is 207 Å². The van der Waals surface area contributed by atoms with Crippen LogP contribution in [0.4, 0.5) is 47.1 Å². The Morgan fingerprint density at radius 2 is 1.06 bits per heavy atom. The SMILES string of the molecule is C[N+](C)(C)CC(O)C[N+](C)(C)CCCNc1nc(Nc2ccc(/C=C/c3ccc(Nc4nc(NCCC[N+](C)(C)CC(O)C[N+](C)(C)C)nc(N5CCOCC5)n4)cc3S(=O)(=O)[O-])c(SOO[O-])c2)nc(N2CCOCC2)n1. The summed E-state index contributed by atoms with van der Waals surface area (Å²) in [6.07, 6.45) is 3.71. The van der Waals surface area contributed by atoms with E-state index >= 15 is 0 Å². The zero-order valence-corrected chi connectivity index (χ0v) is 48.5. The Morgan fingerprint density at radius 3 is 1.50 bits per heavy atom. The topological polar surface area (TPSA) is 290 Å². The molecule has 4 aromatic rings. The summed E-state index contributed by atoms with van der Waals surface area (Å²) in [6, 6.07) is 9.42. The van der Waals surface area contributed by atoms with Crippen molar-refractivity contribution >= 4 is 81.4 Å². The molecule has 2 aliphatic heterocycles. The zero-order chi connectivity index (χ0) is 56.7. The molecule has 432 valence electrons. The van der Waals surface area contributed by atoms with Crippen molar-refractivity contribution in [2.24, 2.45) is 0 Å². The molecule has 2 aromatic heterocycles. The molecule has 4 heterocycles. The van der Waals surface area contributed by atoms with Gasteiger partial charge in [-0.1, -0.05) is 24.3 Å². The molecular weight excluding hydrogens is 1050 g/mol. The number of aliphatic hydroxyl groups is 2. The van der Waals surface area contributed by atoms with E-state index in [0.29, 0.717) is 162 Å². The van der Waals surface area contributed by atoms with Gasteiger partial charge in [-0.15, -0.1) is 0 Å². The number of morpholine rings is 2. The number of hydrogen-bond acceptors (Lipinski definition) is 23. The number of nitrogens with zero attached hydrogens (tertiary/aromatic N) is 12. The highest BCUT2D eigenvalue weighted by molar-refractivity contribution is 7.94. The lowest BCUT2D eigenvalue weighted by molar-refractivity contribution is -0.907. The number of quaternary nitrogens is 4. The number of likely N-dealkylation sites (N-methyl/N-ethyl adjacent to an activating group) is 4.